The molecule has 0 saturated carbocycles. The molecule has 0 atom stereocenters. The predicted octanol–water partition coefficient (Wildman–Crippen LogP) is 4.86. The van der Waals surface area contributed by atoms with Crippen LogP contribution in [-0.4, -0.2) is 31.5 Å². The van der Waals surface area contributed by atoms with Gasteiger partial charge in [0.1, 0.15) is 11.9 Å². The number of hydrogen-bond donors (Lipinski definition) is 1. The third-order valence-electron chi connectivity index (χ3n) is 5.43. The van der Waals surface area contributed by atoms with Crippen molar-refractivity contribution >= 4 is 23.5 Å². The average Bonchev–Trinajstić information content (AvgIpc) is 3.17. The van der Waals surface area contributed by atoms with E-state index in [1.54, 1.807) is 12.1 Å². The number of pyridine rings is 1. The molecule has 1 N–H and O–H groups in total. The van der Waals surface area contributed by atoms with Gasteiger partial charge in [0, 0.05) is 52.5 Å². The van der Waals surface area contributed by atoms with Crippen LogP contribution in [0.2, 0.25) is 0 Å². The van der Waals surface area contributed by atoms with Crippen molar-refractivity contribution < 1.29 is 19.4 Å². The van der Waals surface area contributed by atoms with E-state index < -0.39 is 15.8 Å². The van der Waals surface area contributed by atoms with E-state index >= 15 is 0 Å². The Bertz CT molecular complexity index is 1490. The Labute approximate surface area is 210 Å². The molecule has 2 aromatic carbocycles. The molecule has 4 aromatic rings. The zero-order valence-electron chi connectivity index (χ0n) is 19.7. The fourth-order valence-electron chi connectivity index (χ4n) is 3.60. The summed E-state index contributed by atoms with van der Waals surface area (Å²) in [6.07, 6.45) is 2.66. The number of aromatic nitrogens is 2. The van der Waals surface area contributed by atoms with Crippen molar-refractivity contribution in [1.82, 2.24) is 15.0 Å². The number of nitrogens with zero attached hydrogens (tertiary/aromatic N) is 5. The lowest BCUT2D eigenvalue weighted by molar-refractivity contribution is -0.385. The first-order valence-electron chi connectivity index (χ1n) is 10.9. The highest BCUT2D eigenvalue weighted by Crippen LogP contribution is 2.25. The molecule has 2 aromatic heterocycles. The number of carbonyl (C=O) groups is 1. The molecular formula is C25H20N6O6. The average molecular weight is 500 g/mol. The molecule has 4 rings (SSSR count). The molecule has 12 heteroatoms. The van der Waals surface area contributed by atoms with Crippen LogP contribution in [0.15, 0.2) is 78.0 Å². The first-order chi connectivity index (χ1) is 17.7. The third kappa shape index (κ3) is 5.65. The molecule has 0 bridgehead atoms. The van der Waals surface area contributed by atoms with Crippen molar-refractivity contribution in [2.24, 2.45) is 5.10 Å². The number of nitro groups is 2. The van der Waals surface area contributed by atoms with Crippen LogP contribution in [0.3, 0.4) is 0 Å². The van der Waals surface area contributed by atoms with Gasteiger partial charge < -0.3 is 9.30 Å². The van der Waals surface area contributed by atoms with E-state index in [1.807, 2.05) is 36.6 Å². The molecule has 1 amide bonds. The molecule has 12 nitrogen and oxygen atoms in total. The van der Waals surface area contributed by atoms with Gasteiger partial charge in [0.15, 0.2) is 0 Å². The van der Waals surface area contributed by atoms with Crippen molar-refractivity contribution in [3.63, 3.8) is 0 Å². The lowest BCUT2D eigenvalue weighted by atomic mass is 10.2. The molecule has 0 spiro atoms. The highest BCUT2D eigenvalue weighted by atomic mass is 16.6. The SMILES string of the molecule is Cc1cc(/C=N\NC(=O)c2ccc([N+](=O)[O-])cc2)c(C)n1-c1ccc(Oc2ccc([N+](=O)[O-])cn2)cc1. The Hall–Kier alpha value is -5.39. The van der Waals surface area contributed by atoms with Gasteiger partial charge in [0.25, 0.3) is 17.3 Å². The summed E-state index contributed by atoms with van der Waals surface area (Å²) >= 11 is 0. The first-order valence-corrected chi connectivity index (χ1v) is 10.9. The van der Waals surface area contributed by atoms with E-state index in [-0.39, 0.29) is 22.8 Å². The quantitative estimate of drug-likeness (QED) is 0.206. The van der Waals surface area contributed by atoms with E-state index in [0.29, 0.717) is 5.75 Å². The summed E-state index contributed by atoms with van der Waals surface area (Å²) in [5, 5.41) is 25.5. The van der Waals surface area contributed by atoms with Gasteiger partial charge in [-0.15, -0.1) is 0 Å². The number of hydrazone groups is 1. The van der Waals surface area contributed by atoms with Crippen LogP contribution in [0.1, 0.15) is 27.3 Å². The first kappa shape index (κ1) is 24.7. The maximum Gasteiger partial charge on any atom is 0.287 e. The van der Waals surface area contributed by atoms with Crippen molar-refractivity contribution in [3.05, 3.63) is 116 Å². The monoisotopic (exact) mass is 500 g/mol. The van der Waals surface area contributed by atoms with E-state index in [1.165, 1.54) is 42.6 Å². The molecule has 0 saturated heterocycles. The van der Waals surface area contributed by atoms with Gasteiger partial charge in [-0.1, -0.05) is 0 Å². The van der Waals surface area contributed by atoms with E-state index in [2.05, 4.69) is 15.5 Å². The summed E-state index contributed by atoms with van der Waals surface area (Å²) < 4.78 is 7.67. The van der Waals surface area contributed by atoms with Crippen LogP contribution in [0.5, 0.6) is 11.6 Å². The summed E-state index contributed by atoms with van der Waals surface area (Å²) in [6.45, 7) is 3.85. The molecule has 186 valence electrons. The number of amides is 1. The molecule has 2 heterocycles. The Balaban J connectivity index is 1.43. The van der Waals surface area contributed by atoms with E-state index in [4.69, 9.17) is 4.74 Å². The zero-order valence-corrected chi connectivity index (χ0v) is 19.7. The van der Waals surface area contributed by atoms with Crippen molar-refractivity contribution in [1.29, 1.82) is 0 Å². The molecule has 0 aliphatic rings. The summed E-state index contributed by atoms with van der Waals surface area (Å²) in [7, 11) is 0. The van der Waals surface area contributed by atoms with Crippen molar-refractivity contribution in [2.45, 2.75) is 13.8 Å². The normalized spacial score (nSPS) is 10.9. The van der Waals surface area contributed by atoms with Crippen LogP contribution < -0.4 is 10.2 Å². The van der Waals surface area contributed by atoms with Gasteiger partial charge in [-0.3, -0.25) is 25.0 Å². The van der Waals surface area contributed by atoms with Crippen molar-refractivity contribution in [3.8, 4) is 17.3 Å². The minimum atomic E-state index is -0.535. The van der Waals surface area contributed by atoms with Crippen molar-refractivity contribution in [2.75, 3.05) is 0 Å². The molecule has 0 aliphatic carbocycles. The van der Waals surface area contributed by atoms with Gasteiger partial charge in [0.05, 0.1) is 16.1 Å². The number of aryl methyl sites for hydroxylation is 1. The number of rotatable bonds is 8. The molecule has 0 fully saturated rings. The smallest absolute Gasteiger partial charge is 0.287 e. The maximum atomic E-state index is 12.3. The van der Waals surface area contributed by atoms with Gasteiger partial charge in [0.2, 0.25) is 5.88 Å². The Kier molecular flexibility index (Phi) is 7.00. The maximum absolute atomic E-state index is 12.3. The highest BCUT2D eigenvalue weighted by Gasteiger charge is 2.12. The van der Waals surface area contributed by atoms with Crippen LogP contribution in [-0.2, 0) is 0 Å². The topological polar surface area (TPSA) is 155 Å². The number of ether oxygens (including phenoxy) is 1. The fourth-order valence-corrected chi connectivity index (χ4v) is 3.60. The largest absolute Gasteiger partial charge is 0.439 e. The molecule has 0 aliphatic heterocycles. The number of non-ortho nitro benzene ring substituents is 1. The fraction of sp³-hybridized carbons (Fsp3) is 0.0800. The molecule has 0 unspecified atom stereocenters. The minimum absolute atomic E-state index is 0.102. The van der Waals surface area contributed by atoms with Crippen LogP contribution in [0, 0.1) is 34.1 Å². The summed E-state index contributed by atoms with van der Waals surface area (Å²) in [4.78, 5) is 36.6. The third-order valence-corrected chi connectivity index (χ3v) is 5.43. The second-order valence-electron chi connectivity index (χ2n) is 7.87. The number of hydrogen-bond acceptors (Lipinski definition) is 8. The second-order valence-corrected chi connectivity index (χ2v) is 7.87. The number of nitro benzene ring substituents is 1. The van der Waals surface area contributed by atoms with Crippen LogP contribution in [0.4, 0.5) is 11.4 Å². The summed E-state index contributed by atoms with van der Waals surface area (Å²) in [5.74, 6) is 0.266. The summed E-state index contributed by atoms with van der Waals surface area (Å²) in [5.41, 5.74) is 5.93. The Morgan fingerprint density at radius 1 is 0.973 bits per heavy atom. The number of carbonyl (C=O) groups excluding carboxylic acids is 1. The number of benzene rings is 2. The van der Waals surface area contributed by atoms with E-state index in [9.17, 15) is 25.0 Å². The van der Waals surface area contributed by atoms with Crippen LogP contribution >= 0.6 is 0 Å². The molecular weight excluding hydrogens is 480 g/mol. The predicted molar refractivity (Wildman–Crippen MR) is 134 cm³/mol. The Morgan fingerprint density at radius 2 is 1.62 bits per heavy atom. The van der Waals surface area contributed by atoms with Gasteiger partial charge in [-0.05, 0) is 56.3 Å². The van der Waals surface area contributed by atoms with Gasteiger partial charge >= 0.3 is 0 Å². The minimum Gasteiger partial charge on any atom is -0.439 e. The highest BCUT2D eigenvalue weighted by molar-refractivity contribution is 5.95. The van der Waals surface area contributed by atoms with Crippen LogP contribution in [0.25, 0.3) is 5.69 Å². The lowest BCUT2D eigenvalue weighted by Gasteiger charge is -2.11. The molecule has 0 radical (unpaired) electrons. The number of nitrogens with one attached hydrogen (secondary N) is 1. The molecule has 37 heavy (non-hydrogen) atoms. The summed E-state index contributed by atoms with van der Waals surface area (Å²) in [6, 6.07) is 17.1. The lowest BCUT2D eigenvalue weighted by Crippen LogP contribution is -2.17. The van der Waals surface area contributed by atoms with E-state index in [0.717, 1.165) is 28.8 Å². The second kappa shape index (κ2) is 10.5. The van der Waals surface area contributed by atoms with Gasteiger partial charge in [-0.25, -0.2) is 10.4 Å². The zero-order chi connectivity index (χ0) is 26.5. The Morgan fingerprint density at radius 3 is 2.22 bits per heavy atom. The van der Waals surface area contributed by atoms with Gasteiger partial charge in [-0.2, -0.15) is 5.10 Å². The standard InChI is InChI=1S/C25H20N6O6/c1-16-13-19(14-27-28-25(32)18-3-5-21(6-4-18)30(33)34)17(2)29(16)20-7-10-23(11-8-20)37-24-12-9-22(15-26-24)31(35)36/h3-15H,1-2H3,(H,28,32)/b27-14-.